The number of hydrogen-bond donors (Lipinski definition) is 1. The lowest BCUT2D eigenvalue weighted by molar-refractivity contribution is -0.149. The van der Waals surface area contributed by atoms with Crippen molar-refractivity contribution < 1.29 is 14.6 Å². The van der Waals surface area contributed by atoms with Crippen LogP contribution in [0.5, 0.6) is 0 Å². The van der Waals surface area contributed by atoms with E-state index in [0.29, 0.717) is 13.2 Å². The second-order valence-corrected chi connectivity index (χ2v) is 6.71. The molecule has 2 aliphatic rings. The summed E-state index contributed by atoms with van der Waals surface area (Å²) >= 11 is 0. The first-order chi connectivity index (χ1) is 12.7. The zero-order chi connectivity index (χ0) is 18.5. The number of aliphatic hydroxyl groups excluding tert-OH is 1. The summed E-state index contributed by atoms with van der Waals surface area (Å²) in [7, 11) is 0. The molecule has 6 nitrogen and oxygen atoms in total. The summed E-state index contributed by atoms with van der Waals surface area (Å²) < 4.78 is 5.30. The average molecular weight is 355 g/mol. The van der Waals surface area contributed by atoms with Crippen LogP contribution >= 0.6 is 0 Å². The number of amides is 1. The molecule has 1 aromatic rings. The monoisotopic (exact) mass is 355 g/mol. The Morgan fingerprint density at radius 3 is 2.62 bits per heavy atom. The molecule has 138 valence electrons. The van der Waals surface area contributed by atoms with Crippen LogP contribution in [0, 0.1) is 11.3 Å². The number of allylic oxidation sites excluding steroid dienone is 1. The molecule has 26 heavy (non-hydrogen) atoms. The average Bonchev–Trinajstić information content (AvgIpc) is 2.64. The molecule has 0 unspecified atom stereocenters. The fraction of sp³-hybridized carbons (Fsp3) is 0.500. The molecule has 2 aliphatic heterocycles. The van der Waals surface area contributed by atoms with Crippen molar-refractivity contribution in [1.29, 1.82) is 5.26 Å². The Morgan fingerprint density at radius 1 is 1.35 bits per heavy atom. The van der Waals surface area contributed by atoms with Gasteiger partial charge in [-0.3, -0.25) is 9.69 Å². The molecular formula is C20H25N3O3. The molecule has 0 saturated carbocycles. The predicted molar refractivity (Wildman–Crippen MR) is 98.3 cm³/mol. The Kier molecular flexibility index (Phi) is 6.04. The molecule has 1 N–H and O–H groups in total. The van der Waals surface area contributed by atoms with Crippen LogP contribution in [0.1, 0.15) is 24.0 Å². The van der Waals surface area contributed by atoms with E-state index in [0.717, 1.165) is 24.2 Å². The first-order valence-corrected chi connectivity index (χ1v) is 9.04. The van der Waals surface area contributed by atoms with Crippen LogP contribution in [0.3, 0.4) is 0 Å². The molecule has 0 bridgehead atoms. The van der Waals surface area contributed by atoms with Gasteiger partial charge in [-0.2, -0.15) is 5.26 Å². The molecule has 3 atom stereocenters. The number of morpholine rings is 1. The van der Waals surface area contributed by atoms with Gasteiger partial charge in [0, 0.05) is 19.0 Å². The van der Waals surface area contributed by atoms with Crippen molar-refractivity contribution in [3.05, 3.63) is 41.5 Å². The highest BCUT2D eigenvalue weighted by Crippen LogP contribution is 2.40. The van der Waals surface area contributed by atoms with Crippen LogP contribution < -0.4 is 0 Å². The molecule has 3 rings (SSSR count). The molecule has 6 heteroatoms. The van der Waals surface area contributed by atoms with Crippen LogP contribution in [0.4, 0.5) is 0 Å². The lowest BCUT2D eigenvalue weighted by Gasteiger charge is -2.52. The molecule has 1 amide bonds. The first-order valence-electron chi connectivity index (χ1n) is 9.04. The topological polar surface area (TPSA) is 76.8 Å². The molecule has 0 spiro atoms. The highest BCUT2D eigenvalue weighted by atomic mass is 16.5. The van der Waals surface area contributed by atoms with Gasteiger partial charge in [-0.1, -0.05) is 36.4 Å². The Labute approximate surface area is 154 Å². The zero-order valence-electron chi connectivity index (χ0n) is 15.0. The number of carbonyl (C=O) groups is 1. The third-order valence-electron chi connectivity index (χ3n) is 5.16. The fourth-order valence-corrected chi connectivity index (χ4v) is 3.80. The molecule has 0 aromatic heterocycles. The Balaban J connectivity index is 1.72. The van der Waals surface area contributed by atoms with Crippen LogP contribution in [0.15, 0.2) is 30.3 Å². The summed E-state index contributed by atoms with van der Waals surface area (Å²) in [6.45, 7) is 4.77. The molecular weight excluding hydrogens is 330 g/mol. The number of hydrogen-bond acceptors (Lipinski definition) is 5. The standard InChI is InChI=1S/C20H25N3O3/c1-2-3-15-4-6-16(7-5-15)20-17(12-21)23(18(20)14-24)19(25)13-22-8-10-26-11-9-22/h2-7,17-18,20,24H,8-11,13-14H2,1H3/t17-,18+,20-/m1/s1. The minimum atomic E-state index is -0.534. The van der Waals surface area contributed by atoms with Gasteiger partial charge in [0.1, 0.15) is 6.04 Å². The van der Waals surface area contributed by atoms with E-state index >= 15 is 0 Å². The number of rotatable bonds is 5. The van der Waals surface area contributed by atoms with Crippen molar-refractivity contribution in [1.82, 2.24) is 9.80 Å². The Hall–Kier alpha value is -2.20. The maximum Gasteiger partial charge on any atom is 0.238 e. The highest BCUT2D eigenvalue weighted by Gasteiger charge is 2.51. The maximum absolute atomic E-state index is 12.7. The van der Waals surface area contributed by atoms with Gasteiger partial charge >= 0.3 is 0 Å². The number of carbonyl (C=O) groups excluding carboxylic acids is 1. The van der Waals surface area contributed by atoms with Gasteiger partial charge in [-0.25, -0.2) is 0 Å². The van der Waals surface area contributed by atoms with Gasteiger partial charge in [-0.15, -0.1) is 0 Å². The largest absolute Gasteiger partial charge is 0.394 e. The zero-order valence-corrected chi connectivity index (χ0v) is 15.0. The summed E-state index contributed by atoms with van der Waals surface area (Å²) in [5, 5.41) is 19.5. The SMILES string of the molecule is CC=Cc1ccc([C@@H]2[C@@H](C#N)N(C(=O)CN3CCOCC3)[C@H]2CO)cc1. The van der Waals surface area contributed by atoms with Crippen LogP contribution in [0.2, 0.25) is 0 Å². The van der Waals surface area contributed by atoms with Gasteiger partial charge in [0.05, 0.1) is 38.5 Å². The Morgan fingerprint density at radius 2 is 2.04 bits per heavy atom. The van der Waals surface area contributed by atoms with Crippen molar-refractivity contribution >= 4 is 12.0 Å². The fourth-order valence-electron chi connectivity index (χ4n) is 3.80. The summed E-state index contributed by atoms with van der Waals surface area (Å²) in [6, 6.07) is 9.34. The number of ether oxygens (including phenoxy) is 1. The van der Waals surface area contributed by atoms with Gasteiger partial charge < -0.3 is 14.7 Å². The quantitative estimate of drug-likeness (QED) is 0.860. The normalized spacial score (nSPS) is 26.5. The van der Waals surface area contributed by atoms with E-state index in [2.05, 4.69) is 6.07 Å². The minimum absolute atomic E-state index is 0.0979. The Bertz CT molecular complexity index is 689. The third kappa shape index (κ3) is 3.65. The number of nitrogens with zero attached hydrogens (tertiary/aromatic N) is 3. The van der Waals surface area contributed by atoms with Crippen molar-refractivity contribution in [2.75, 3.05) is 39.5 Å². The first kappa shape index (κ1) is 18.6. The molecule has 2 saturated heterocycles. The van der Waals surface area contributed by atoms with E-state index in [1.165, 1.54) is 0 Å². The molecule has 2 heterocycles. The predicted octanol–water partition coefficient (Wildman–Crippen LogP) is 1.23. The van der Waals surface area contributed by atoms with E-state index in [-0.39, 0.29) is 31.0 Å². The van der Waals surface area contributed by atoms with Crippen LogP contribution in [-0.4, -0.2) is 72.4 Å². The lowest BCUT2D eigenvalue weighted by Crippen LogP contribution is -2.66. The third-order valence-corrected chi connectivity index (χ3v) is 5.16. The van der Waals surface area contributed by atoms with E-state index in [9.17, 15) is 15.2 Å². The second kappa shape index (κ2) is 8.45. The molecule has 2 fully saturated rings. The van der Waals surface area contributed by atoms with E-state index < -0.39 is 6.04 Å². The number of aliphatic hydroxyl groups is 1. The number of nitriles is 1. The van der Waals surface area contributed by atoms with Crippen molar-refractivity contribution in [3.8, 4) is 6.07 Å². The minimum Gasteiger partial charge on any atom is -0.394 e. The highest BCUT2D eigenvalue weighted by molar-refractivity contribution is 5.81. The van der Waals surface area contributed by atoms with Gasteiger partial charge in [-0.05, 0) is 18.1 Å². The lowest BCUT2D eigenvalue weighted by atomic mass is 9.75. The van der Waals surface area contributed by atoms with Crippen LogP contribution in [-0.2, 0) is 9.53 Å². The van der Waals surface area contributed by atoms with Gasteiger partial charge in [0.15, 0.2) is 0 Å². The maximum atomic E-state index is 12.7. The van der Waals surface area contributed by atoms with Crippen LogP contribution in [0.25, 0.3) is 6.08 Å². The second-order valence-electron chi connectivity index (χ2n) is 6.71. The summed E-state index contributed by atoms with van der Waals surface area (Å²) in [5.74, 6) is -0.252. The molecule has 0 radical (unpaired) electrons. The van der Waals surface area contributed by atoms with Crippen molar-refractivity contribution in [2.45, 2.75) is 24.9 Å². The smallest absolute Gasteiger partial charge is 0.238 e. The van der Waals surface area contributed by atoms with E-state index in [4.69, 9.17) is 4.74 Å². The van der Waals surface area contributed by atoms with Gasteiger partial charge in [0.2, 0.25) is 5.91 Å². The molecule has 1 aromatic carbocycles. The summed E-state index contributed by atoms with van der Waals surface area (Å²) in [5.41, 5.74) is 2.07. The summed E-state index contributed by atoms with van der Waals surface area (Å²) in [4.78, 5) is 16.3. The number of likely N-dealkylation sites (tertiary alicyclic amines) is 1. The van der Waals surface area contributed by atoms with Crippen molar-refractivity contribution in [3.63, 3.8) is 0 Å². The summed E-state index contributed by atoms with van der Waals surface area (Å²) in [6.07, 6.45) is 3.98. The molecule has 0 aliphatic carbocycles. The van der Waals surface area contributed by atoms with E-state index in [1.807, 2.05) is 48.2 Å². The van der Waals surface area contributed by atoms with Crippen molar-refractivity contribution in [2.24, 2.45) is 0 Å². The van der Waals surface area contributed by atoms with Gasteiger partial charge in [0.25, 0.3) is 0 Å². The van der Waals surface area contributed by atoms with E-state index in [1.54, 1.807) is 4.90 Å². The number of benzene rings is 1.